The molecule has 0 radical (unpaired) electrons. The van der Waals surface area contributed by atoms with Crippen molar-refractivity contribution in [2.45, 2.75) is 12.5 Å². The van der Waals surface area contributed by atoms with E-state index in [-0.39, 0.29) is 13.2 Å². The number of carboxylic acids is 1. The highest BCUT2D eigenvalue weighted by Gasteiger charge is 2.19. The van der Waals surface area contributed by atoms with Crippen molar-refractivity contribution >= 4 is 5.97 Å². The highest BCUT2D eigenvalue weighted by Crippen LogP contribution is 2.17. The van der Waals surface area contributed by atoms with Gasteiger partial charge in [-0.2, -0.15) is 0 Å². The van der Waals surface area contributed by atoms with Crippen LogP contribution in [0.5, 0.6) is 0 Å². The zero-order valence-electron chi connectivity index (χ0n) is 8.30. The van der Waals surface area contributed by atoms with E-state index in [0.29, 0.717) is 12.0 Å². The largest absolute Gasteiger partial charge is 0.479 e. The van der Waals surface area contributed by atoms with E-state index in [0.717, 1.165) is 0 Å². The molecule has 4 heteroatoms. The molecule has 0 aliphatic carbocycles. The van der Waals surface area contributed by atoms with Crippen molar-refractivity contribution in [2.75, 3.05) is 13.2 Å². The molecule has 0 amide bonds. The van der Waals surface area contributed by atoms with Crippen LogP contribution in [-0.2, 0) is 9.53 Å². The van der Waals surface area contributed by atoms with Gasteiger partial charge in [-0.05, 0) is 12.0 Å². The van der Waals surface area contributed by atoms with E-state index >= 15 is 0 Å². The second-order valence-corrected chi connectivity index (χ2v) is 3.08. The van der Waals surface area contributed by atoms with Crippen LogP contribution in [0.1, 0.15) is 18.1 Å². The van der Waals surface area contributed by atoms with E-state index in [1.807, 2.05) is 6.07 Å². The minimum Gasteiger partial charge on any atom is -0.479 e. The van der Waals surface area contributed by atoms with Gasteiger partial charge in [-0.15, -0.1) is 0 Å². The van der Waals surface area contributed by atoms with Gasteiger partial charge in [0.1, 0.15) is 0 Å². The van der Waals surface area contributed by atoms with E-state index in [4.69, 9.17) is 14.9 Å². The van der Waals surface area contributed by atoms with Gasteiger partial charge in [0, 0.05) is 6.61 Å². The number of carboxylic acid groups (broad SMARTS) is 1. The molecule has 0 spiro atoms. The lowest BCUT2D eigenvalue weighted by Gasteiger charge is -2.13. The Morgan fingerprint density at radius 1 is 1.33 bits per heavy atom. The first-order chi connectivity index (χ1) is 7.25. The van der Waals surface area contributed by atoms with Gasteiger partial charge in [0.25, 0.3) is 0 Å². The fourth-order valence-electron chi connectivity index (χ4n) is 1.20. The molecule has 1 atom stereocenters. The SMILES string of the molecule is O=C(O)C(OCCCO)c1ccccc1. The summed E-state index contributed by atoms with van der Waals surface area (Å²) in [5.41, 5.74) is 0.614. The van der Waals surface area contributed by atoms with Gasteiger partial charge in [0.15, 0.2) is 6.10 Å². The summed E-state index contributed by atoms with van der Waals surface area (Å²) in [5, 5.41) is 17.5. The number of hydrogen-bond donors (Lipinski definition) is 2. The average Bonchev–Trinajstić information content (AvgIpc) is 2.25. The van der Waals surface area contributed by atoms with Gasteiger partial charge >= 0.3 is 5.97 Å². The highest BCUT2D eigenvalue weighted by atomic mass is 16.5. The van der Waals surface area contributed by atoms with Crippen molar-refractivity contribution in [2.24, 2.45) is 0 Å². The van der Waals surface area contributed by atoms with Crippen molar-refractivity contribution in [3.8, 4) is 0 Å². The van der Waals surface area contributed by atoms with Gasteiger partial charge in [-0.1, -0.05) is 30.3 Å². The van der Waals surface area contributed by atoms with Crippen LogP contribution >= 0.6 is 0 Å². The lowest BCUT2D eigenvalue weighted by Crippen LogP contribution is -2.16. The van der Waals surface area contributed by atoms with Crippen LogP contribution in [0, 0.1) is 0 Å². The Morgan fingerprint density at radius 3 is 2.53 bits per heavy atom. The van der Waals surface area contributed by atoms with Crippen LogP contribution < -0.4 is 0 Å². The minimum absolute atomic E-state index is 0.00112. The van der Waals surface area contributed by atoms with Crippen LogP contribution in [0.25, 0.3) is 0 Å². The van der Waals surface area contributed by atoms with Crippen LogP contribution in [0.4, 0.5) is 0 Å². The third-order valence-electron chi connectivity index (χ3n) is 1.91. The fourth-order valence-corrected chi connectivity index (χ4v) is 1.20. The fraction of sp³-hybridized carbons (Fsp3) is 0.364. The van der Waals surface area contributed by atoms with Gasteiger partial charge in [-0.3, -0.25) is 0 Å². The monoisotopic (exact) mass is 210 g/mol. The van der Waals surface area contributed by atoms with E-state index in [9.17, 15) is 4.79 Å². The molecule has 0 bridgehead atoms. The summed E-state index contributed by atoms with van der Waals surface area (Å²) in [6.07, 6.45) is -0.505. The van der Waals surface area contributed by atoms with Crippen LogP contribution in [-0.4, -0.2) is 29.4 Å². The Morgan fingerprint density at radius 2 is 2.00 bits per heavy atom. The highest BCUT2D eigenvalue weighted by molar-refractivity contribution is 5.74. The summed E-state index contributed by atoms with van der Waals surface area (Å²) in [6.45, 7) is 0.240. The predicted octanol–water partition coefficient (Wildman–Crippen LogP) is 1.21. The first-order valence-corrected chi connectivity index (χ1v) is 4.76. The number of carbonyl (C=O) groups is 1. The molecule has 2 N–H and O–H groups in total. The third kappa shape index (κ3) is 3.69. The molecule has 0 aromatic heterocycles. The van der Waals surface area contributed by atoms with Crippen LogP contribution in [0.3, 0.4) is 0 Å². The Kier molecular flexibility index (Phi) is 4.80. The Bertz CT molecular complexity index is 297. The van der Waals surface area contributed by atoms with Gasteiger partial charge in [0.2, 0.25) is 0 Å². The molecular formula is C11H14O4. The molecule has 1 aromatic rings. The van der Waals surface area contributed by atoms with Crippen molar-refractivity contribution < 1.29 is 19.7 Å². The zero-order valence-corrected chi connectivity index (χ0v) is 8.30. The molecule has 15 heavy (non-hydrogen) atoms. The second-order valence-electron chi connectivity index (χ2n) is 3.08. The maximum absolute atomic E-state index is 10.9. The van der Waals surface area contributed by atoms with Crippen molar-refractivity contribution in [1.82, 2.24) is 0 Å². The van der Waals surface area contributed by atoms with Gasteiger partial charge in [0.05, 0.1) is 6.61 Å². The molecule has 0 fully saturated rings. The summed E-state index contributed by atoms with van der Waals surface area (Å²) in [6, 6.07) is 8.76. The molecule has 0 saturated carbocycles. The smallest absolute Gasteiger partial charge is 0.337 e. The zero-order chi connectivity index (χ0) is 11.1. The molecule has 0 aliphatic heterocycles. The van der Waals surface area contributed by atoms with Crippen molar-refractivity contribution in [1.29, 1.82) is 0 Å². The van der Waals surface area contributed by atoms with Gasteiger partial charge in [-0.25, -0.2) is 4.79 Å². The molecule has 0 aliphatic rings. The number of rotatable bonds is 6. The molecule has 82 valence electrons. The molecule has 1 unspecified atom stereocenters. The summed E-state index contributed by atoms with van der Waals surface area (Å²) >= 11 is 0. The first-order valence-electron chi connectivity index (χ1n) is 4.76. The Balaban J connectivity index is 2.62. The summed E-state index contributed by atoms with van der Waals surface area (Å²) < 4.78 is 5.17. The third-order valence-corrected chi connectivity index (χ3v) is 1.91. The topological polar surface area (TPSA) is 66.8 Å². The molecule has 1 rings (SSSR count). The lowest BCUT2D eigenvalue weighted by molar-refractivity contribution is -0.151. The number of hydrogen-bond acceptors (Lipinski definition) is 3. The standard InChI is InChI=1S/C11H14O4/c12-7-4-8-15-10(11(13)14)9-5-2-1-3-6-9/h1-3,5-6,10,12H,4,7-8H2,(H,13,14). The predicted molar refractivity (Wildman–Crippen MR) is 54.5 cm³/mol. The molecular weight excluding hydrogens is 196 g/mol. The van der Waals surface area contributed by atoms with Crippen molar-refractivity contribution in [3.05, 3.63) is 35.9 Å². The van der Waals surface area contributed by atoms with Gasteiger partial charge < -0.3 is 14.9 Å². The minimum atomic E-state index is -1.01. The Labute approximate surface area is 88.1 Å². The summed E-state index contributed by atoms with van der Waals surface area (Å²) in [5.74, 6) is -1.01. The number of aliphatic hydroxyl groups excluding tert-OH is 1. The molecule has 4 nitrogen and oxygen atoms in total. The molecule has 1 aromatic carbocycles. The summed E-state index contributed by atoms with van der Waals surface area (Å²) in [4.78, 5) is 10.9. The lowest BCUT2D eigenvalue weighted by atomic mass is 10.1. The maximum Gasteiger partial charge on any atom is 0.337 e. The van der Waals surface area contributed by atoms with Crippen LogP contribution in [0.15, 0.2) is 30.3 Å². The van der Waals surface area contributed by atoms with E-state index in [2.05, 4.69) is 0 Å². The first kappa shape index (κ1) is 11.7. The molecule has 0 heterocycles. The average molecular weight is 210 g/mol. The second kappa shape index (κ2) is 6.16. The van der Waals surface area contributed by atoms with E-state index < -0.39 is 12.1 Å². The number of aliphatic carboxylic acids is 1. The Hall–Kier alpha value is -1.39. The van der Waals surface area contributed by atoms with E-state index in [1.54, 1.807) is 24.3 Å². The maximum atomic E-state index is 10.9. The normalized spacial score (nSPS) is 12.3. The quantitative estimate of drug-likeness (QED) is 0.692. The number of ether oxygens (including phenoxy) is 1. The van der Waals surface area contributed by atoms with Crippen LogP contribution in [0.2, 0.25) is 0 Å². The molecule has 0 saturated heterocycles. The number of aliphatic hydroxyl groups is 1. The van der Waals surface area contributed by atoms with Crippen molar-refractivity contribution in [3.63, 3.8) is 0 Å². The van der Waals surface area contributed by atoms with E-state index in [1.165, 1.54) is 0 Å². The number of benzene rings is 1. The summed E-state index contributed by atoms with van der Waals surface area (Å²) in [7, 11) is 0.